The summed E-state index contributed by atoms with van der Waals surface area (Å²) in [6.45, 7) is 6.12. The molecule has 7 nitrogen and oxygen atoms in total. The second-order valence-electron chi connectivity index (χ2n) is 7.84. The molecule has 1 fully saturated rings. The van der Waals surface area contributed by atoms with Crippen LogP contribution in [0.4, 0.5) is 0 Å². The molecule has 146 valence electrons. The molecule has 2 aromatic rings. The normalized spacial score (nSPS) is 20.0. The van der Waals surface area contributed by atoms with Gasteiger partial charge in [-0.2, -0.15) is 5.10 Å². The van der Waals surface area contributed by atoms with Crippen LogP contribution in [0.5, 0.6) is 0 Å². The number of amides is 2. The highest BCUT2D eigenvalue weighted by Gasteiger charge is 2.25. The summed E-state index contributed by atoms with van der Waals surface area (Å²) in [5, 5.41) is 4.24. The van der Waals surface area contributed by atoms with Crippen molar-refractivity contribution in [2.24, 2.45) is 11.7 Å². The van der Waals surface area contributed by atoms with Crippen molar-refractivity contribution in [3.63, 3.8) is 0 Å². The molecule has 0 bridgehead atoms. The van der Waals surface area contributed by atoms with Gasteiger partial charge in [0.15, 0.2) is 5.65 Å². The lowest BCUT2D eigenvalue weighted by Crippen LogP contribution is -2.39. The quantitative estimate of drug-likeness (QED) is 0.873. The van der Waals surface area contributed by atoms with Crippen molar-refractivity contribution >= 4 is 17.5 Å². The van der Waals surface area contributed by atoms with Gasteiger partial charge < -0.3 is 10.6 Å². The van der Waals surface area contributed by atoms with Gasteiger partial charge in [-0.05, 0) is 57.4 Å². The van der Waals surface area contributed by atoms with Crippen molar-refractivity contribution in [3.8, 4) is 0 Å². The highest BCUT2D eigenvalue weighted by atomic mass is 16.2. The van der Waals surface area contributed by atoms with Crippen molar-refractivity contribution in [2.75, 3.05) is 7.05 Å². The third-order valence-electron chi connectivity index (χ3n) is 5.99. The van der Waals surface area contributed by atoms with Gasteiger partial charge in [0.05, 0.1) is 6.20 Å². The molecule has 0 atom stereocenters. The molecular weight excluding hydrogens is 342 g/mol. The standard InChI is InChI=1S/C20H29N5O2/c1-12-5-7-15(8-6-12)24(4)18(26)10-9-16-13(2)23-20-17(19(21)27)11-22-25(20)14(16)3/h11-12,15H,5-10H2,1-4H3,(H2,21,27). The zero-order valence-electron chi connectivity index (χ0n) is 16.7. The number of carbonyl (C=O) groups excluding carboxylic acids is 2. The van der Waals surface area contributed by atoms with Crippen LogP contribution in [0, 0.1) is 19.8 Å². The molecule has 1 aliphatic carbocycles. The van der Waals surface area contributed by atoms with Crippen molar-refractivity contribution in [2.45, 2.75) is 65.3 Å². The zero-order valence-corrected chi connectivity index (χ0v) is 16.7. The average molecular weight is 371 g/mol. The predicted octanol–water partition coefficient (Wildman–Crippen LogP) is 2.41. The Morgan fingerprint density at radius 1 is 1.26 bits per heavy atom. The Morgan fingerprint density at radius 2 is 1.93 bits per heavy atom. The molecule has 0 unspecified atom stereocenters. The van der Waals surface area contributed by atoms with Crippen LogP contribution < -0.4 is 5.73 Å². The van der Waals surface area contributed by atoms with Crippen LogP contribution in [-0.2, 0) is 11.2 Å². The van der Waals surface area contributed by atoms with Crippen molar-refractivity contribution < 1.29 is 9.59 Å². The summed E-state index contributed by atoms with van der Waals surface area (Å²) in [7, 11) is 1.93. The van der Waals surface area contributed by atoms with E-state index in [1.165, 1.54) is 19.0 Å². The average Bonchev–Trinajstić information content (AvgIpc) is 3.05. The molecule has 2 N–H and O–H groups in total. The number of nitrogens with two attached hydrogens (primary N) is 1. The first-order valence-corrected chi connectivity index (χ1v) is 9.68. The van der Waals surface area contributed by atoms with Crippen molar-refractivity contribution in [1.29, 1.82) is 0 Å². The van der Waals surface area contributed by atoms with Crippen molar-refractivity contribution in [3.05, 3.63) is 28.7 Å². The number of primary amides is 1. The van der Waals surface area contributed by atoms with Gasteiger partial charge in [-0.25, -0.2) is 9.50 Å². The van der Waals surface area contributed by atoms with Gasteiger partial charge in [-0.1, -0.05) is 6.92 Å². The molecule has 27 heavy (non-hydrogen) atoms. The molecule has 3 rings (SSSR count). The topological polar surface area (TPSA) is 93.6 Å². The maximum absolute atomic E-state index is 12.7. The van der Waals surface area contributed by atoms with E-state index in [1.54, 1.807) is 4.52 Å². The highest BCUT2D eigenvalue weighted by Crippen LogP contribution is 2.27. The number of rotatable bonds is 5. The first-order chi connectivity index (χ1) is 12.8. The summed E-state index contributed by atoms with van der Waals surface area (Å²) < 4.78 is 1.64. The first-order valence-electron chi connectivity index (χ1n) is 9.68. The molecule has 0 aromatic carbocycles. The zero-order chi connectivity index (χ0) is 19.7. The van der Waals surface area contributed by atoms with Crippen LogP contribution in [0.3, 0.4) is 0 Å². The summed E-state index contributed by atoms with van der Waals surface area (Å²) in [5.74, 6) is 0.404. The molecule has 0 spiro atoms. The number of fused-ring (bicyclic) bond motifs is 1. The van der Waals surface area contributed by atoms with E-state index in [0.29, 0.717) is 30.1 Å². The van der Waals surface area contributed by atoms with E-state index in [0.717, 1.165) is 35.7 Å². The van der Waals surface area contributed by atoms with Crippen LogP contribution in [-0.4, -0.2) is 44.4 Å². The van der Waals surface area contributed by atoms with E-state index in [1.807, 2.05) is 25.8 Å². The Kier molecular flexibility index (Phi) is 5.48. The minimum atomic E-state index is -0.539. The van der Waals surface area contributed by atoms with Crippen LogP contribution >= 0.6 is 0 Å². The summed E-state index contributed by atoms with van der Waals surface area (Å²) in [6.07, 6.45) is 7.09. The van der Waals surface area contributed by atoms with E-state index in [9.17, 15) is 9.59 Å². The molecule has 0 saturated heterocycles. The van der Waals surface area contributed by atoms with E-state index in [-0.39, 0.29) is 5.91 Å². The van der Waals surface area contributed by atoms with E-state index in [4.69, 9.17) is 5.73 Å². The maximum atomic E-state index is 12.7. The van der Waals surface area contributed by atoms with E-state index in [2.05, 4.69) is 17.0 Å². The SMILES string of the molecule is Cc1nc2c(C(N)=O)cnn2c(C)c1CCC(=O)N(C)C1CCC(C)CC1. The smallest absolute Gasteiger partial charge is 0.254 e. The Bertz CT molecular complexity index is 865. The number of aryl methyl sites for hydroxylation is 2. The monoisotopic (exact) mass is 371 g/mol. The maximum Gasteiger partial charge on any atom is 0.254 e. The molecule has 2 amide bonds. The van der Waals surface area contributed by atoms with E-state index < -0.39 is 5.91 Å². The minimum absolute atomic E-state index is 0.173. The fourth-order valence-corrected chi connectivity index (χ4v) is 4.09. The van der Waals surface area contributed by atoms with E-state index >= 15 is 0 Å². The van der Waals surface area contributed by atoms with Crippen molar-refractivity contribution in [1.82, 2.24) is 19.5 Å². The summed E-state index contributed by atoms with van der Waals surface area (Å²) in [4.78, 5) is 30.7. The number of nitrogens with zero attached hydrogens (tertiary/aromatic N) is 4. The molecule has 1 aliphatic rings. The van der Waals surface area contributed by atoms with Crippen LogP contribution in [0.25, 0.3) is 5.65 Å². The van der Waals surface area contributed by atoms with Crippen LogP contribution in [0.15, 0.2) is 6.20 Å². The number of carbonyl (C=O) groups is 2. The molecule has 2 heterocycles. The molecular formula is C20H29N5O2. The Labute approximate surface area is 159 Å². The first kappa shape index (κ1) is 19.3. The van der Waals surface area contributed by atoms with Gasteiger partial charge in [0.1, 0.15) is 5.56 Å². The summed E-state index contributed by atoms with van der Waals surface area (Å²) in [6, 6.07) is 0.362. The second kappa shape index (κ2) is 7.66. The van der Waals surface area contributed by atoms with Gasteiger partial charge in [-0.3, -0.25) is 9.59 Å². The lowest BCUT2D eigenvalue weighted by Gasteiger charge is -2.33. The molecule has 1 saturated carbocycles. The minimum Gasteiger partial charge on any atom is -0.365 e. The van der Waals surface area contributed by atoms with Gasteiger partial charge >= 0.3 is 0 Å². The highest BCUT2D eigenvalue weighted by molar-refractivity contribution is 5.98. The lowest BCUT2D eigenvalue weighted by molar-refractivity contribution is -0.132. The fourth-order valence-electron chi connectivity index (χ4n) is 4.09. The predicted molar refractivity (Wildman–Crippen MR) is 103 cm³/mol. The van der Waals surface area contributed by atoms with Gasteiger partial charge in [-0.15, -0.1) is 0 Å². The molecule has 0 radical (unpaired) electrons. The number of aromatic nitrogens is 3. The molecule has 0 aliphatic heterocycles. The number of hydrogen-bond acceptors (Lipinski definition) is 4. The van der Waals surface area contributed by atoms with Gasteiger partial charge in [0.25, 0.3) is 5.91 Å². The largest absolute Gasteiger partial charge is 0.365 e. The van der Waals surface area contributed by atoms with Crippen LogP contribution in [0.1, 0.15) is 66.3 Å². The molecule has 2 aromatic heterocycles. The summed E-state index contributed by atoms with van der Waals surface area (Å²) in [5.41, 5.74) is 8.89. The second-order valence-corrected chi connectivity index (χ2v) is 7.84. The summed E-state index contributed by atoms with van der Waals surface area (Å²) >= 11 is 0. The number of hydrogen-bond donors (Lipinski definition) is 1. The van der Waals surface area contributed by atoms with Gasteiger partial charge in [0, 0.05) is 30.9 Å². The molecule has 7 heteroatoms. The third kappa shape index (κ3) is 3.82. The Balaban J connectivity index is 1.73. The third-order valence-corrected chi connectivity index (χ3v) is 5.99. The van der Waals surface area contributed by atoms with Gasteiger partial charge in [0.2, 0.25) is 5.91 Å². The lowest BCUT2D eigenvalue weighted by atomic mass is 9.86. The van der Waals surface area contributed by atoms with Crippen LogP contribution in [0.2, 0.25) is 0 Å². The fraction of sp³-hybridized carbons (Fsp3) is 0.600. The Morgan fingerprint density at radius 3 is 2.56 bits per heavy atom. The Hall–Kier alpha value is -2.44.